The summed E-state index contributed by atoms with van der Waals surface area (Å²) in [5.74, 6) is 1.32. The highest BCUT2D eigenvalue weighted by Gasteiger charge is 2.21. The molecule has 1 unspecified atom stereocenters. The second-order valence-corrected chi connectivity index (χ2v) is 5.22. The fraction of sp³-hybridized carbons (Fsp3) is 0.500. The largest absolute Gasteiger partial charge is 0.396 e. The molecule has 0 saturated carbocycles. The molecule has 1 fully saturated rings. The maximum Gasteiger partial charge on any atom is 0.203 e. The van der Waals surface area contributed by atoms with Gasteiger partial charge in [-0.05, 0) is 43.4 Å². The molecule has 3 rings (SSSR count). The summed E-state index contributed by atoms with van der Waals surface area (Å²) in [5.41, 5.74) is 3.35. The van der Waals surface area contributed by atoms with Crippen molar-refractivity contribution in [2.24, 2.45) is 5.92 Å². The Hall–Kier alpha value is -1.55. The molecule has 0 spiro atoms. The molecule has 4 heteroatoms. The molecule has 0 aliphatic carbocycles. The van der Waals surface area contributed by atoms with Gasteiger partial charge in [-0.2, -0.15) is 0 Å². The Morgan fingerprint density at radius 3 is 3.22 bits per heavy atom. The van der Waals surface area contributed by atoms with Crippen molar-refractivity contribution in [1.29, 1.82) is 0 Å². The minimum absolute atomic E-state index is 0.274. The van der Waals surface area contributed by atoms with Gasteiger partial charge in [-0.25, -0.2) is 4.98 Å². The number of anilines is 1. The van der Waals surface area contributed by atoms with E-state index in [0.29, 0.717) is 5.92 Å². The van der Waals surface area contributed by atoms with E-state index >= 15 is 0 Å². The van der Waals surface area contributed by atoms with E-state index in [-0.39, 0.29) is 6.61 Å². The van der Waals surface area contributed by atoms with Gasteiger partial charge in [0.15, 0.2) is 0 Å². The predicted octanol–water partition coefficient (Wildman–Crippen LogP) is 2.08. The monoisotopic (exact) mass is 245 g/mol. The summed E-state index contributed by atoms with van der Waals surface area (Å²) in [4.78, 5) is 10.3. The van der Waals surface area contributed by atoms with Crippen molar-refractivity contribution in [3.05, 3.63) is 23.8 Å². The molecule has 4 nitrogen and oxygen atoms in total. The highest BCUT2D eigenvalue weighted by molar-refractivity contribution is 5.78. The summed E-state index contributed by atoms with van der Waals surface area (Å²) in [5, 5.41) is 9.27. The van der Waals surface area contributed by atoms with Crippen molar-refractivity contribution in [3.8, 4) is 0 Å². The Bertz CT molecular complexity index is 549. The summed E-state index contributed by atoms with van der Waals surface area (Å²) >= 11 is 0. The van der Waals surface area contributed by atoms with Gasteiger partial charge in [0.1, 0.15) is 0 Å². The molecule has 2 N–H and O–H groups in total. The number of hydrogen-bond donors (Lipinski definition) is 2. The van der Waals surface area contributed by atoms with Crippen LogP contribution in [0, 0.1) is 12.8 Å². The number of aliphatic hydroxyl groups excluding tert-OH is 1. The van der Waals surface area contributed by atoms with Gasteiger partial charge in [0.05, 0.1) is 11.0 Å². The Balaban J connectivity index is 1.89. The number of benzene rings is 1. The van der Waals surface area contributed by atoms with Crippen LogP contribution >= 0.6 is 0 Å². The van der Waals surface area contributed by atoms with Crippen LogP contribution in [0.15, 0.2) is 18.2 Å². The van der Waals surface area contributed by atoms with Crippen LogP contribution in [-0.2, 0) is 0 Å². The van der Waals surface area contributed by atoms with Crippen LogP contribution in [0.3, 0.4) is 0 Å². The lowest BCUT2D eigenvalue weighted by molar-refractivity contribution is 0.208. The molecule has 1 aromatic carbocycles. The lowest BCUT2D eigenvalue weighted by atomic mass is 9.99. The number of aromatic nitrogens is 2. The molecular formula is C14H19N3O. The van der Waals surface area contributed by atoms with Gasteiger partial charge < -0.3 is 15.0 Å². The van der Waals surface area contributed by atoms with Crippen molar-refractivity contribution in [1.82, 2.24) is 9.97 Å². The molecule has 1 aliphatic rings. The van der Waals surface area contributed by atoms with Crippen molar-refractivity contribution in [2.75, 3.05) is 24.6 Å². The van der Waals surface area contributed by atoms with Gasteiger partial charge in [0, 0.05) is 19.7 Å². The number of H-pyrrole nitrogens is 1. The van der Waals surface area contributed by atoms with Gasteiger partial charge in [-0.15, -0.1) is 0 Å². The van der Waals surface area contributed by atoms with Crippen LogP contribution in [0.1, 0.15) is 18.4 Å². The Morgan fingerprint density at radius 1 is 1.50 bits per heavy atom. The van der Waals surface area contributed by atoms with Crippen LogP contribution in [0.4, 0.5) is 5.95 Å². The third-order valence-electron chi connectivity index (χ3n) is 3.70. The highest BCUT2D eigenvalue weighted by atomic mass is 16.3. The number of nitrogens with zero attached hydrogens (tertiary/aromatic N) is 2. The minimum Gasteiger partial charge on any atom is -0.396 e. The number of aryl methyl sites for hydroxylation is 1. The van der Waals surface area contributed by atoms with Gasteiger partial charge >= 0.3 is 0 Å². The molecule has 18 heavy (non-hydrogen) atoms. The summed E-state index contributed by atoms with van der Waals surface area (Å²) in [6.45, 7) is 4.28. The van der Waals surface area contributed by atoms with Crippen molar-refractivity contribution in [3.63, 3.8) is 0 Å². The SMILES string of the molecule is Cc1ccc2nc(N3CCCC(CO)C3)[nH]c2c1. The number of fused-ring (bicyclic) bond motifs is 1. The van der Waals surface area contributed by atoms with E-state index in [4.69, 9.17) is 0 Å². The summed E-state index contributed by atoms with van der Waals surface area (Å²) in [6.07, 6.45) is 2.24. The molecule has 96 valence electrons. The first-order chi connectivity index (χ1) is 8.76. The number of aromatic amines is 1. The number of nitrogens with one attached hydrogen (secondary N) is 1. The number of piperidine rings is 1. The van der Waals surface area contributed by atoms with Gasteiger partial charge in [0.2, 0.25) is 5.95 Å². The van der Waals surface area contributed by atoms with Gasteiger partial charge in [-0.1, -0.05) is 6.07 Å². The van der Waals surface area contributed by atoms with Gasteiger partial charge in [-0.3, -0.25) is 0 Å². The highest BCUT2D eigenvalue weighted by Crippen LogP contribution is 2.23. The van der Waals surface area contributed by atoms with Gasteiger partial charge in [0.25, 0.3) is 0 Å². The number of rotatable bonds is 2. The van der Waals surface area contributed by atoms with E-state index in [1.165, 1.54) is 5.56 Å². The van der Waals surface area contributed by atoms with E-state index in [1.54, 1.807) is 0 Å². The first-order valence-electron chi connectivity index (χ1n) is 6.58. The van der Waals surface area contributed by atoms with E-state index in [2.05, 4.69) is 40.0 Å². The van der Waals surface area contributed by atoms with Crippen molar-refractivity contribution < 1.29 is 5.11 Å². The topological polar surface area (TPSA) is 52.1 Å². The molecular weight excluding hydrogens is 226 g/mol. The second-order valence-electron chi connectivity index (χ2n) is 5.22. The number of aliphatic hydroxyl groups is 1. The van der Waals surface area contributed by atoms with Crippen LogP contribution < -0.4 is 4.90 Å². The lowest BCUT2D eigenvalue weighted by Crippen LogP contribution is -2.37. The Kier molecular flexibility index (Phi) is 2.96. The summed E-state index contributed by atoms with van der Waals surface area (Å²) in [7, 11) is 0. The molecule has 0 bridgehead atoms. The number of imidazole rings is 1. The van der Waals surface area contributed by atoms with E-state index < -0.39 is 0 Å². The molecule has 2 aromatic rings. The fourth-order valence-electron chi connectivity index (χ4n) is 2.67. The third-order valence-corrected chi connectivity index (χ3v) is 3.70. The zero-order chi connectivity index (χ0) is 12.5. The van der Waals surface area contributed by atoms with E-state index in [9.17, 15) is 5.11 Å². The quantitative estimate of drug-likeness (QED) is 0.851. The Labute approximate surface area is 107 Å². The summed E-state index contributed by atoms with van der Waals surface area (Å²) < 4.78 is 0. The lowest BCUT2D eigenvalue weighted by Gasteiger charge is -2.31. The van der Waals surface area contributed by atoms with Crippen LogP contribution in [0.25, 0.3) is 11.0 Å². The maximum absolute atomic E-state index is 9.27. The van der Waals surface area contributed by atoms with Crippen molar-refractivity contribution in [2.45, 2.75) is 19.8 Å². The standard InChI is InChI=1S/C14H19N3O/c1-10-4-5-12-13(7-10)16-14(15-12)17-6-2-3-11(8-17)9-18/h4-5,7,11,18H,2-3,6,8-9H2,1H3,(H,15,16). The molecule has 1 aromatic heterocycles. The van der Waals surface area contributed by atoms with E-state index in [0.717, 1.165) is 42.9 Å². The average Bonchev–Trinajstić information content (AvgIpc) is 2.81. The molecule has 1 atom stereocenters. The maximum atomic E-state index is 9.27. The first-order valence-corrected chi connectivity index (χ1v) is 6.58. The van der Waals surface area contributed by atoms with Crippen molar-refractivity contribution >= 4 is 17.0 Å². The van der Waals surface area contributed by atoms with Crippen LogP contribution in [0.5, 0.6) is 0 Å². The summed E-state index contributed by atoms with van der Waals surface area (Å²) in [6, 6.07) is 6.26. The normalized spacial score (nSPS) is 20.6. The number of hydrogen-bond acceptors (Lipinski definition) is 3. The minimum atomic E-state index is 0.274. The third kappa shape index (κ3) is 2.08. The zero-order valence-electron chi connectivity index (χ0n) is 10.7. The molecule has 0 radical (unpaired) electrons. The first kappa shape index (κ1) is 11.5. The average molecular weight is 245 g/mol. The molecule has 2 heterocycles. The zero-order valence-corrected chi connectivity index (χ0v) is 10.7. The Morgan fingerprint density at radius 2 is 2.39 bits per heavy atom. The molecule has 1 saturated heterocycles. The fourth-order valence-corrected chi connectivity index (χ4v) is 2.67. The van der Waals surface area contributed by atoms with E-state index in [1.807, 2.05) is 0 Å². The molecule has 1 aliphatic heterocycles. The van der Waals surface area contributed by atoms with Crippen LogP contribution in [0.2, 0.25) is 0 Å². The predicted molar refractivity (Wildman–Crippen MR) is 72.9 cm³/mol. The van der Waals surface area contributed by atoms with Crippen LogP contribution in [-0.4, -0.2) is 34.8 Å². The second kappa shape index (κ2) is 4.61. The smallest absolute Gasteiger partial charge is 0.203 e. The molecule has 0 amide bonds.